The predicted molar refractivity (Wildman–Crippen MR) is 103 cm³/mol. The number of hydrogen-bond acceptors (Lipinski definition) is 3. The summed E-state index contributed by atoms with van der Waals surface area (Å²) in [7, 11) is 0. The minimum atomic E-state index is -1.13. The van der Waals surface area contributed by atoms with Gasteiger partial charge in [0.1, 0.15) is 6.10 Å². The van der Waals surface area contributed by atoms with Crippen molar-refractivity contribution in [2.24, 2.45) is 5.41 Å². The molecule has 0 spiro atoms. The van der Waals surface area contributed by atoms with Gasteiger partial charge in [-0.2, -0.15) is 0 Å². The Kier molecular flexibility index (Phi) is 13.2. The largest absolute Gasteiger partial charge is 0.478 e. The molecule has 1 unspecified atom stereocenters. The van der Waals surface area contributed by atoms with Crippen molar-refractivity contribution >= 4 is 11.9 Å². The maximum Gasteiger partial charge on any atom is 0.331 e. The first-order valence-electron chi connectivity index (χ1n) is 9.86. The van der Waals surface area contributed by atoms with Crippen molar-refractivity contribution in [2.45, 2.75) is 104 Å². The molecule has 4 nitrogen and oxygen atoms in total. The van der Waals surface area contributed by atoms with Crippen LogP contribution >= 0.6 is 0 Å². The van der Waals surface area contributed by atoms with E-state index < -0.39 is 11.9 Å². The Labute approximate surface area is 154 Å². The van der Waals surface area contributed by atoms with Crippen molar-refractivity contribution < 1.29 is 19.4 Å². The highest BCUT2D eigenvalue weighted by Gasteiger charge is 2.14. The van der Waals surface area contributed by atoms with E-state index in [0.717, 1.165) is 50.7 Å². The second kappa shape index (κ2) is 13.9. The summed E-state index contributed by atoms with van der Waals surface area (Å²) in [5, 5.41) is 8.59. The molecule has 0 aromatic rings. The summed E-state index contributed by atoms with van der Waals surface area (Å²) >= 11 is 0. The molecule has 0 amide bonds. The van der Waals surface area contributed by atoms with E-state index in [4.69, 9.17) is 9.84 Å². The van der Waals surface area contributed by atoms with Gasteiger partial charge in [-0.1, -0.05) is 66.2 Å². The number of carbonyl (C=O) groups is 2. The molecule has 0 radical (unpaired) electrons. The van der Waals surface area contributed by atoms with Crippen LogP contribution in [-0.4, -0.2) is 23.1 Å². The quantitative estimate of drug-likeness (QED) is 0.240. The van der Waals surface area contributed by atoms with Crippen LogP contribution in [0, 0.1) is 5.41 Å². The van der Waals surface area contributed by atoms with Crippen molar-refractivity contribution in [3.8, 4) is 0 Å². The molecular weight excluding hydrogens is 316 g/mol. The van der Waals surface area contributed by atoms with Crippen LogP contribution in [0.25, 0.3) is 0 Å². The van der Waals surface area contributed by atoms with Gasteiger partial charge in [0.25, 0.3) is 0 Å². The minimum absolute atomic E-state index is 0.0952. The number of aliphatic carboxylic acids is 1. The number of carbonyl (C=O) groups excluding carboxylic acids is 1. The number of esters is 1. The monoisotopic (exact) mass is 354 g/mol. The molecule has 0 aliphatic rings. The first kappa shape index (κ1) is 23.7. The normalized spacial score (nSPS) is 13.1. The molecule has 0 fully saturated rings. The molecule has 4 heteroatoms. The zero-order valence-electron chi connectivity index (χ0n) is 16.7. The molecule has 0 heterocycles. The van der Waals surface area contributed by atoms with Crippen molar-refractivity contribution in [2.75, 3.05) is 0 Å². The summed E-state index contributed by atoms with van der Waals surface area (Å²) in [6.45, 7) is 8.95. The fourth-order valence-electron chi connectivity index (χ4n) is 2.78. The first-order valence-corrected chi connectivity index (χ1v) is 9.86. The number of carboxylic acid groups (broad SMARTS) is 1. The summed E-state index contributed by atoms with van der Waals surface area (Å²) in [5.74, 6) is -1.68. The number of unbranched alkanes of at least 4 members (excludes halogenated alkanes) is 6. The van der Waals surface area contributed by atoms with Crippen LogP contribution in [0.4, 0.5) is 0 Å². The van der Waals surface area contributed by atoms with E-state index in [9.17, 15) is 9.59 Å². The van der Waals surface area contributed by atoms with Gasteiger partial charge in [0, 0.05) is 12.2 Å². The highest BCUT2D eigenvalue weighted by molar-refractivity contribution is 5.90. The molecule has 0 aliphatic carbocycles. The smallest absolute Gasteiger partial charge is 0.331 e. The number of hydrogen-bond donors (Lipinski definition) is 1. The van der Waals surface area contributed by atoms with Gasteiger partial charge in [-0.25, -0.2) is 9.59 Å². The SMILES string of the molecule is CCCCCCCC(CCCCCC(C)(C)C)OC(=O)/C=C\C(=O)O. The fourth-order valence-corrected chi connectivity index (χ4v) is 2.78. The lowest BCUT2D eigenvalue weighted by Gasteiger charge is -2.19. The maximum atomic E-state index is 11.7. The average molecular weight is 355 g/mol. The van der Waals surface area contributed by atoms with Crippen LogP contribution in [0.1, 0.15) is 98.3 Å². The molecule has 0 saturated heterocycles. The third-order valence-electron chi connectivity index (χ3n) is 4.23. The molecule has 0 aliphatic heterocycles. The molecule has 0 rings (SSSR count). The Balaban J connectivity index is 4.22. The molecule has 1 N–H and O–H groups in total. The van der Waals surface area contributed by atoms with Crippen LogP contribution < -0.4 is 0 Å². The second-order valence-corrected chi connectivity index (χ2v) is 8.09. The van der Waals surface area contributed by atoms with Gasteiger partial charge < -0.3 is 9.84 Å². The molecule has 1 atom stereocenters. The third kappa shape index (κ3) is 17.3. The van der Waals surface area contributed by atoms with Gasteiger partial charge in [-0.05, 0) is 37.5 Å². The standard InChI is InChI=1S/C21H38O4/c1-5-6-7-8-10-13-18(25-20(24)16-15-19(22)23)14-11-9-12-17-21(2,3)4/h15-16,18H,5-14,17H2,1-4H3,(H,22,23)/b16-15-. The number of rotatable bonds is 14. The van der Waals surface area contributed by atoms with Crippen molar-refractivity contribution in [1.29, 1.82) is 0 Å². The minimum Gasteiger partial charge on any atom is -0.478 e. The maximum absolute atomic E-state index is 11.7. The average Bonchev–Trinajstić information content (AvgIpc) is 2.51. The van der Waals surface area contributed by atoms with Crippen LogP contribution in [-0.2, 0) is 14.3 Å². The summed E-state index contributed by atoms with van der Waals surface area (Å²) in [6.07, 6.45) is 14.0. The van der Waals surface area contributed by atoms with E-state index in [1.165, 1.54) is 32.1 Å². The zero-order chi connectivity index (χ0) is 19.1. The Morgan fingerprint density at radius 3 is 2.00 bits per heavy atom. The van der Waals surface area contributed by atoms with Gasteiger partial charge >= 0.3 is 11.9 Å². The highest BCUT2D eigenvalue weighted by Crippen LogP contribution is 2.23. The van der Waals surface area contributed by atoms with Crippen molar-refractivity contribution in [3.63, 3.8) is 0 Å². The summed E-state index contributed by atoms with van der Waals surface area (Å²) in [5.41, 5.74) is 0.368. The Bertz CT molecular complexity index is 393. The molecule has 0 aromatic carbocycles. The summed E-state index contributed by atoms with van der Waals surface area (Å²) in [6, 6.07) is 0. The van der Waals surface area contributed by atoms with Crippen LogP contribution in [0.2, 0.25) is 0 Å². The Morgan fingerprint density at radius 1 is 0.920 bits per heavy atom. The molecule has 146 valence electrons. The zero-order valence-corrected chi connectivity index (χ0v) is 16.7. The van der Waals surface area contributed by atoms with Crippen molar-refractivity contribution in [1.82, 2.24) is 0 Å². The number of carboxylic acids is 1. The lowest BCUT2D eigenvalue weighted by atomic mass is 9.89. The van der Waals surface area contributed by atoms with E-state index in [1.54, 1.807) is 0 Å². The highest BCUT2D eigenvalue weighted by atomic mass is 16.5. The predicted octanol–water partition coefficient (Wildman–Crippen LogP) is 5.90. The van der Waals surface area contributed by atoms with Gasteiger partial charge in [-0.3, -0.25) is 0 Å². The van der Waals surface area contributed by atoms with Crippen LogP contribution in [0.5, 0.6) is 0 Å². The van der Waals surface area contributed by atoms with E-state index >= 15 is 0 Å². The topological polar surface area (TPSA) is 63.6 Å². The van der Waals surface area contributed by atoms with Gasteiger partial charge in [0.15, 0.2) is 0 Å². The lowest BCUT2D eigenvalue weighted by Crippen LogP contribution is -2.17. The van der Waals surface area contributed by atoms with Gasteiger partial charge in [0.2, 0.25) is 0 Å². The molecule has 0 aromatic heterocycles. The second-order valence-electron chi connectivity index (χ2n) is 8.09. The molecule has 25 heavy (non-hydrogen) atoms. The first-order chi connectivity index (χ1) is 11.7. The molecular formula is C21H38O4. The van der Waals surface area contributed by atoms with Gasteiger partial charge in [-0.15, -0.1) is 0 Å². The van der Waals surface area contributed by atoms with E-state index in [2.05, 4.69) is 27.7 Å². The van der Waals surface area contributed by atoms with Gasteiger partial charge in [0.05, 0.1) is 0 Å². The lowest BCUT2D eigenvalue weighted by molar-refractivity contribution is -0.144. The van der Waals surface area contributed by atoms with E-state index in [-0.39, 0.29) is 6.10 Å². The van der Waals surface area contributed by atoms with Crippen molar-refractivity contribution in [3.05, 3.63) is 12.2 Å². The number of ether oxygens (including phenoxy) is 1. The molecule has 0 bridgehead atoms. The van der Waals surface area contributed by atoms with Crippen LogP contribution in [0.15, 0.2) is 12.2 Å². The van der Waals surface area contributed by atoms with E-state index in [1.807, 2.05) is 0 Å². The summed E-state index contributed by atoms with van der Waals surface area (Å²) in [4.78, 5) is 22.2. The molecule has 0 saturated carbocycles. The fraction of sp³-hybridized carbons (Fsp3) is 0.810. The Hall–Kier alpha value is -1.32. The van der Waals surface area contributed by atoms with E-state index in [0.29, 0.717) is 5.41 Å². The Morgan fingerprint density at radius 2 is 1.48 bits per heavy atom. The summed E-state index contributed by atoms with van der Waals surface area (Å²) < 4.78 is 5.47. The van der Waals surface area contributed by atoms with Crippen LogP contribution in [0.3, 0.4) is 0 Å². The third-order valence-corrected chi connectivity index (χ3v) is 4.23.